The van der Waals surface area contributed by atoms with E-state index < -0.39 is 0 Å². The molecule has 8 heteroatoms. The number of para-hydroxylation sites is 1. The minimum absolute atomic E-state index is 0.109. The summed E-state index contributed by atoms with van der Waals surface area (Å²) < 4.78 is 11.9. The number of hydrogen-bond acceptors (Lipinski definition) is 7. The van der Waals surface area contributed by atoms with Gasteiger partial charge in [0.15, 0.2) is 16.6 Å². The van der Waals surface area contributed by atoms with Crippen molar-refractivity contribution >= 4 is 43.9 Å². The number of methoxy groups -OCH3 is 1. The molecule has 0 saturated heterocycles. The molecule has 28 heavy (non-hydrogen) atoms. The lowest BCUT2D eigenvalue weighted by Gasteiger charge is -2.08. The SMILES string of the molecule is COc1ccnc(C(=S)Nc2nc3ccc(Oc4ccccc4)cc3s2)c1O. The Hall–Kier alpha value is -3.23. The highest BCUT2D eigenvalue weighted by molar-refractivity contribution is 7.81. The zero-order valence-corrected chi connectivity index (χ0v) is 16.4. The Morgan fingerprint density at radius 1 is 1.11 bits per heavy atom. The van der Waals surface area contributed by atoms with Crippen molar-refractivity contribution in [2.75, 3.05) is 12.4 Å². The van der Waals surface area contributed by atoms with Crippen molar-refractivity contribution in [3.8, 4) is 23.0 Å². The summed E-state index contributed by atoms with van der Waals surface area (Å²) in [4.78, 5) is 8.90. The summed E-state index contributed by atoms with van der Waals surface area (Å²) in [5.41, 5.74) is 1.06. The number of aromatic nitrogens is 2. The van der Waals surface area contributed by atoms with Crippen LogP contribution in [0.15, 0.2) is 60.8 Å². The maximum absolute atomic E-state index is 10.2. The van der Waals surface area contributed by atoms with E-state index >= 15 is 0 Å². The highest BCUT2D eigenvalue weighted by atomic mass is 32.1. The number of thiocarbonyl (C=S) groups is 1. The van der Waals surface area contributed by atoms with Crippen LogP contribution >= 0.6 is 23.6 Å². The third-order valence-corrected chi connectivity index (χ3v) is 5.11. The van der Waals surface area contributed by atoms with Gasteiger partial charge in [-0.1, -0.05) is 41.8 Å². The summed E-state index contributed by atoms with van der Waals surface area (Å²) in [6.45, 7) is 0. The quantitative estimate of drug-likeness (QED) is 0.450. The van der Waals surface area contributed by atoms with Crippen molar-refractivity contribution in [3.05, 3.63) is 66.5 Å². The van der Waals surface area contributed by atoms with E-state index in [9.17, 15) is 5.11 Å². The van der Waals surface area contributed by atoms with Gasteiger partial charge < -0.3 is 19.9 Å². The Labute approximate surface area is 170 Å². The number of aromatic hydroxyl groups is 1. The third-order valence-electron chi connectivity index (χ3n) is 3.88. The maximum Gasteiger partial charge on any atom is 0.188 e. The molecule has 0 aliphatic rings. The molecule has 4 rings (SSSR count). The van der Waals surface area contributed by atoms with Gasteiger partial charge in [0.1, 0.15) is 22.2 Å². The second-order valence-electron chi connectivity index (χ2n) is 5.73. The number of nitrogens with zero attached hydrogens (tertiary/aromatic N) is 2. The van der Waals surface area contributed by atoms with Crippen LogP contribution < -0.4 is 14.8 Å². The van der Waals surface area contributed by atoms with Crippen LogP contribution in [-0.4, -0.2) is 27.2 Å². The number of benzene rings is 2. The van der Waals surface area contributed by atoms with Gasteiger partial charge in [-0.25, -0.2) is 9.97 Å². The maximum atomic E-state index is 10.2. The molecule has 2 heterocycles. The Morgan fingerprint density at radius 3 is 2.71 bits per heavy atom. The summed E-state index contributed by atoms with van der Waals surface area (Å²) >= 11 is 6.80. The first-order valence-corrected chi connectivity index (χ1v) is 9.53. The predicted molar refractivity (Wildman–Crippen MR) is 114 cm³/mol. The number of nitrogens with one attached hydrogen (secondary N) is 1. The van der Waals surface area contributed by atoms with Gasteiger partial charge >= 0.3 is 0 Å². The second kappa shape index (κ2) is 7.79. The number of pyridine rings is 1. The predicted octanol–water partition coefficient (Wildman–Crippen LogP) is 4.99. The second-order valence-corrected chi connectivity index (χ2v) is 7.17. The minimum Gasteiger partial charge on any atom is -0.503 e. The molecule has 6 nitrogen and oxygen atoms in total. The van der Waals surface area contributed by atoms with Crippen molar-refractivity contribution in [1.82, 2.24) is 9.97 Å². The standard InChI is InChI=1S/C20H15N3O3S2/c1-25-15-9-10-21-17(18(15)24)19(27)23-20-22-14-8-7-13(11-16(14)28-20)26-12-5-3-2-4-6-12/h2-11,24H,1H3,(H,22,23,27). The van der Waals surface area contributed by atoms with E-state index in [-0.39, 0.29) is 16.4 Å². The van der Waals surface area contributed by atoms with Gasteiger partial charge in [-0.2, -0.15) is 0 Å². The molecule has 0 amide bonds. The monoisotopic (exact) mass is 409 g/mol. The molecule has 0 aliphatic carbocycles. The average Bonchev–Trinajstić information content (AvgIpc) is 3.10. The molecule has 4 aromatic rings. The Morgan fingerprint density at radius 2 is 1.93 bits per heavy atom. The van der Waals surface area contributed by atoms with Gasteiger partial charge in [0.2, 0.25) is 0 Å². The molecule has 0 fully saturated rings. The number of thiazole rings is 1. The number of rotatable bonds is 5. The Kier molecular flexibility index (Phi) is 5.05. The fourth-order valence-corrected chi connectivity index (χ4v) is 3.78. The highest BCUT2D eigenvalue weighted by Gasteiger charge is 2.15. The van der Waals surface area contributed by atoms with Gasteiger partial charge in [0.05, 0.1) is 17.3 Å². The number of fused-ring (bicyclic) bond motifs is 1. The van der Waals surface area contributed by atoms with E-state index in [1.807, 2.05) is 48.5 Å². The summed E-state index contributed by atoms with van der Waals surface area (Å²) in [5, 5.41) is 13.8. The molecule has 0 bridgehead atoms. The third kappa shape index (κ3) is 3.73. The Balaban J connectivity index is 1.56. The molecule has 0 saturated carbocycles. The average molecular weight is 409 g/mol. The van der Waals surface area contributed by atoms with Gasteiger partial charge in [0.25, 0.3) is 0 Å². The molecule has 0 radical (unpaired) electrons. The van der Waals surface area contributed by atoms with Crippen LogP contribution in [0.5, 0.6) is 23.0 Å². The first kappa shape index (κ1) is 18.1. The molecular formula is C20H15N3O3S2. The molecule has 0 unspecified atom stereocenters. The van der Waals surface area contributed by atoms with Gasteiger partial charge in [-0.3, -0.25) is 0 Å². The van der Waals surface area contributed by atoms with E-state index in [0.29, 0.717) is 10.9 Å². The zero-order valence-electron chi connectivity index (χ0n) is 14.7. The summed E-state index contributed by atoms with van der Waals surface area (Å²) in [6.07, 6.45) is 1.52. The summed E-state index contributed by atoms with van der Waals surface area (Å²) in [6, 6.07) is 16.8. The molecule has 2 N–H and O–H groups in total. The van der Waals surface area contributed by atoms with Crippen molar-refractivity contribution in [2.24, 2.45) is 0 Å². The van der Waals surface area contributed by atoms with E-state index in [0.717, 1.165) is 21.7 Å². The van der Waals surface area contributed by atoms with Crippen LogP contribution in [0.4, 0.5) is 5.13 Å². The molecule has 2 aromatic heterocycles. The topological polar surface area (TPSA) is 76.5 Å². The number of anilines is 1. The van der Waals surface area contributed by atoms with Crippen LogP contribution in [0.25, 0.3) is 10.2 Å². The lowest BCUT2D eigenvalue weighted by molar-refractivity contribution is 0.371. The number of ether oxygens (including phenoxy) is 2. The fraction of sp³-hybridized carbons (Fsp3) is 0.0500. The van der Waals surface area contributed by atoms with Crippen molar-refractivity contribution in [2.45, 2.75) is 0 Å². The smallest absolute Gasteiger partial charge is 0.188 e. The molecule has 0 spiro atoms. The lowest BCUT2D eigenvalue weighted by atomic mass is 10.3. The first-order chi connectivity index (χ1) is 13.6. The van der Waals surface area contributed by atoms with Crippen LogP contribution in [0, 0.1) is 0 Å². The van der Waals surface area contributed by atoms with E-state index in [4.69, 9.17) is 21.7 Å². The van der Waals surface area contributed by atoms with Gasteiger partial charge in [-0.05, 0) is 24.3 Å². The van der Waals surface area contributed by atoms with E-state index in [1.54, 1.807) is 6.07 Å². The van der Waals surface area contributed by atoms with Crippen LogP contribution in [0.3, 0.4) is 0 Å². The van der Waals surface area contributed by atoms with Gasteiger partial charge in [0, 0.05) is 18.3 Å². The Bertz CT molecular complexity index is 1150. The van der Waals surface area contributed by atoms with Crippen LogP contribution in [0.1, 0.15) is 5.69 Å². The number of hydrogen-bond donors (Lipinski definition) is 2. The largest absolute Gasteiger partial charge is 0.503 e. The van der Waals surface area contributed by atoms with Crippen molar-refractivity contribution in [1.29, 1.82) is 0 Å². The van der Waals surface area contributed by atoms with E-state index in [2.05, 4.69) is 15.3 Å². The summed E-state index contributed by atoms with van der Waals surface area (Å²) in [5.74, 6) is 1.69. The van der Waals surface area contributed by atoms with Crippen molar-refractivity contribution in [3.63, 3.8) is 0 Å². The zero-order chi connectivity index (χ0) is 19.5. The molecule has 140 valence electrons. The van der Waals surface area contributed by atoms with Crippen molar-refractivity contribution < 1.29 is 14.6 Å². The molecule has 0 aliphatic heterocycles. The molecule has 2 aromatic carbocycles. The highest BCUT2D eigenvalue weighted by Crippen LogP contribution is 2.33. The minimum atomic E-state index is -0.109. The lowest BCUT2D eigenvalue weighted by Crippen LogP contribution is -2.12. The summed E-state index contributed by atoms with van der Waals surface area (Å²) in [7, 11) is 1.47. The van der Waals surface area contributed by atoms with Gasteiger partial charge in [-0.15, -0.1) is 0 Å². The molecular weight excluding hydrogens is 394 g/mol. The normalized spacial score (nSPS) is 10.6. The molecule has 0 atom stereocenters. The van der Waals surface area contributed by atoms with Crippen LogP contribution in [0.2, 0.25) is 0 Å². The fourth-order valence-electron chi connectivity index (χ4n) is 2.57. The van der Waals surface area contributed by atoms with E-state index in [1.165, 1.54) is 24.6 Å². The first-order valence-electron chi connectivity index (χ1n) is 8.31. The van der Waals surface area contributed by atoms with Crippen LogP contribution in [-0.2, 0) is 0 Å².